The Hall–Kier alpha value is -2.31. The third-order valence-corrected chi connectivity index (χ3v) is 3.32. The number of aromatic nitrogens is 1. The van der Waals surface area contributed by atoms with E-state index in [-0.39, 0.29) is 17.7 Å². The van der Waals surface area contributed by atoms with Gasteiger partial charge in [0, 0.05) is 25.6 Å². The zero-order valence-electron chi connectivity index (χ0n) is 12.5. The summed E-state index contributed by atoms with van der Waals surface area (Å²) in [6.45, 7) is 2.85. The molecule has 7 nitrogen and oxygen atoms in total. The molecule has 1 fully saturated rings. The van der Waals surface area contributed by atoms with Crippen LogP contribution in [0.25, 0.3) is 0 Å². The molecule has 0 atom stereocenters. The fraction of sp³-hybridized carbons (Fsp3) is 0.500. The van der Waals surface area contributed by atoms with Crippen LogP contribution >= 0.6 is 0 Å². The average Bonchev–Trinajstić information content (AvgIpc) is 3.02. The summed E-state index contributed by atoms with van der Waals surface area (Å²) in [5, 5.41) is 2.95. The first-order chi connectivity index (χ1) is 10.1. The summed E-state index contributed by atoms with van der Waals surface area (Å²) in [6.07, 6.45) is 1.13. The van der Waals surface area contributed by atoms with Crippen LogP contribution in [0.5, 0.6) is 11.8 Å². The zero-order chi connectivity index (χ0) is 15.4. The van der Waals surface area contributed by atoms with Gasteiger partial charge in [-0.1, -0.05) is 6.92 Å². The minimum absolute atomic E-state index is 0.0683. The van der Waals surface area contributed by atoms with E-state index < -0.39 is 0 Å². The molecule has 0 aliphatic carbocycles. The zero-order valence-corrected chi connectivity index (χ0v) is 12.5. The Balaban J connectivity index is 2.29. The molecule has 7 heteroatoms. The lowest BCUT2D eigenvalue weighted by Gasteiger charge is -2.27. The van der Waals surface area contributed by atoms with E-state index in [9.17, 15) is 9.59 Å². The largest absolute Gasteiger partial charge is 0.481 e. The molecule has 1 aliphatic heterocycles. The molecule has 0 radical (unpaired) electrons. The Morgan fingerprint density at radius 3 is 2.52 bits per heavy atom. The van der Waals surface area contributed by atoms with E-state index in [1.807, 2.05) is 0 Å². The van der Waals surface area contributed by atoms with Gasteiger partial charge in [0.05, 0.1) is 14.2 Å². The Kier molecular flexibility index (Phi) is 4.62. The molecule has 0 bridgehead atoms. The van der Waals surface area contributed by atoms with Crippen LogP contribution in [0.2, 0.25) is 0 Å². The van der Waals surface area contributed by atoms with Gasteiger partial charge in [-0.15, -0.1) is 0 Å². The van der Waals surface area contributed by atoms with Crippen LogP contribution in [0.4, 0.5) is 0 Å². The lowest BCUT2D eigenvalue weighted by Crippen LogP contribution is -2.44. The molecular weight excluding hydrogens is 274 g/mol. The molecule has 1 aromatic rings. The van der Waals surface area contributed by atoms with Gasteiger partial charge in [-0.05, 0) is 12.5 Å². The maximum absolute atomic E-state index is 12.6. The van der Waals surface area contributed by atoms with Gasteiger partial charge in [-0.2, -0.15) is 4.98 Å². The first-order valence-corrected chi connectivity index (χ1v) is 6.83. The van der Waals surface area contributed by atoms with Crippen molar-refractivity contribution in [1.29, 1.82) is 0 Å². The molecule has 1 aromatic heterocycles. The topological polar surface area (TPSA) is 72.0 Å². The second kappa shape index (κ2) is 6.43. The third kappa shape index (κ3) is 2.91. The molecule has 21 heavy (non-hydrogen) atoms. The summed E-state index contributed by atoms with van der Waals surface area (Å²) in [6, 6.07) is 3.19. The summed E-state index contributed by atoms with van der Waals surface area (Å²) >= 11 is 0. The van der Waals surface area contributed by atoms with Crippen LogP contribution in [0.3, 0.4) is 0 Å². The van der Waals surface area contributed by atoms with Crippen molar-refractivity contribution in [2.75, 3.05) is 27.3 Å². The van der Waals surface area contributed by atoms with Crippen LogP contribution in [0.15, 0.2) is 12.1 Å². The average molecular weight is 293 g/mol. The summed E-state index contributed by atoms with van der Waals surface area (Å²) in [4.78, 5) is 28.6. The number of ether oxygens (including phenoxy) is 2. The lowest BCUT2D eigenvalue weighted by molar-refractivity contribution is -0.140. The standard InChI is InChI=1S/C14H19N3O4/c1-4-12(18)16-8-5-9-17(16)14(19)10-6-7-11(20-2)15-13(10)21-3/h6-7H,4-5,8-9H2,1-3H3. The van der Waals surface area contributed by atoms with Crippen molar-refractivity contribution in [3.8, 4) is 11.8 Å². The molecule has 0 saturated carbocycles. The van der Waals surface area contributed by atoms with Crippen LogP contribution in [-0.4, -0.2) is 54.1 Å². The van der Waals surface area contributed by atoms with Gasteiger partial charge in [0.1, 0.15) is 5.56 Å². The van der Waals surface area contributed by atoms with Crippen molar-refractivity contribution in [3.05, 3.63) is 17.7 Å². The number of pyridine rings is 1. The number of hydrazine groups is 1. The van der Waals surface area contributed by atoms with Crippen LogP contribution in [-0.2, 0) is 4.79 Å². The van der Waals surface area contributed by atoms with E-state index in [4.69, 9.17) is 9.47 Å². The highest BCUT2D eigenvalue weighted by molar-refractivity contribution is 5.97. The first kappa shape index (κ1) is 15.1. The smallest absolute Gasteiger partial charge is 0.277 e. The summed E-state index contributed by atoms with van der Waals surface area (Å²) in [7, 11) is 2.93. The summed E-state index contributed by atoms with van der Waals surface area (Å²) in [5.41, 5.74) is 0.314. The first-order valence-electron chi connectivity index (χ1n) is 6.83. The van der Waals surface area contributed by atoms with Gasteiger partial charge in [-0.3, -0.25) is 14.6 Å². The molecular formula is C14H19N3O4. The van der Waals surface area contributed by atoms with Crippen molar-refractivity contribution in [2.45, 2.75) is 19.8 Å². The summed E-state index contributed by atoms with van der Waals surface area (Å²) in [5.74, 6) is 0.198. The van der Waals surface area contributed by atoms with Gasteiger partial charge in [-0.25, -0.2) is 5.01 Å². The highest BCUT2D eigenvalue weighted by Crippen LogP contribution is 2.24. The molecule has 114 valence electrons. The molecule has 1 saturated heterocycles. The predicted molar refractivity (Wildman–Crippen MR) is 75.0 cm³/mol. The van der Waals surface area contributed by atoms with Crippen molar-refractivity contribution in [3.63, 3.8) is 0 Å². The highest BCUT2D eigenvalue weighted by Gasteiger charge is 2.32. The predicted octanol–water partition coefficient (Wildman–Crippen LogP) is 1.10. The van der Waals surface area contributed by atoms with E-state index in [1.54, 1.807) is 19.1 Å². The minimum atomic E-state index is -0.290. The quantitative estimate of drug-likeness (QED) is 0.831. The fourth-order valence-corrected chi connectivity index (χ4v) is 2.26. The van der Waals surface area contributed by atoms with Crippen LogP contribution in [0, 0.1) is 0 Å². The number of nitrogens with zero attached hydrogens (tertiary/aromatic N) is 3. The van der Waals surface area contributed by atoms with E-state index in [1.165, 1.54) is 24.2 Å². The lowest BCUT2D eigenvalue weighted by atomic mass is 10.2. The van der Waals surface area contributed by atoms with E-state index in [0.29, 0.717) is 31.0 Å². The Morgan fingerprint density at radius 1 is 1.19 bits per heavy atom. The monoisotopic (exact) mass is 293 g/mol. The number of hydrogen-bond donors (Lipinski definition) is 0. The highest BCUT2D eigenvalue weighted by atomic mass is 16.5. The maximum atomic E-state index is 12.6. The Morgan fingerprint density at radius 2 is 1.90 bits per heavy atom. The number of amides is 2. The second-order valence-corrected chi connectivity index (χ2v) is 4.56. The van der Waals surface area contributed by atoms with E-state index in [0.717, 1.165) is 6.42 Å². The number of carbonyl (C=O) groups excluding carboxylic acids is 2. The fourth-order valence-electron chi connectivity index (χ4n) is 2.26. The Labute approximate surface area is 123 Å². The third-order valence-electron chi connectivity index (χ3n) is 3.32. The molecule has 0 N–H and O–H groups in total. The van der Waals surface area contributed by atoms with E-state index >= 15 is 0 Å². The molecule has 0 unspecified atom stereocenters. The van der Waals surface area contributed by atoms with Gasteiger partial charge in [0.15, 0.2) is 0 Å². The summed E-state index contributed by atoms with van der Waals surface area (Å²) < 4.78 is 10.2. The van der Waals surface area contributed by atoms with Gasteiger partial charge >= 0.3 is 0 Å². The molecule has 0 spiro atoms. The normalized spacial score (nSPS) is 14.2. The number of carbonyl (C=O) groups is 2. The van der Waals surface area contributed by atoms with Gasteiger partial charge < -0.3 is 9.47 Å². The SMILES string of the molecule is CCC(=O)N1CCCN1C(=O)c1ccc(OC)nc1OC. The van der Waals surface area contributed by atoms with E-state index in [2.05, 4.69) is 4.98 Å². The van der Waals surface area contributed by atoms with Crippen LogP contribution in [0.1, 0.15) is 30.1 Å². The number of methoxy groups -OCH3 is 2. The molecule has 2 amide bonds. The Bertz CT molecular complexity index is 547. The van der Waals surface area contributed by atoms with Crippen molar-refractivity contribution in [1.82, 2.24) is 15.0 Å². The van der Waals surface area contributed by atoms with Gasteiger partial charge in [0.25, 0.3) is 5.91 Å². The minimum Gasteiger partial charge on any atom is -0.481 e. The van der Waals surface area contributed by atoms with Crippen LogP contribution < -0.4 is 9.47 Å². The second-order valence-electron chi connectivity index (χ2n) is 4.56. The number of rotatable bonds is 4. The van der Waals surface area contributed by atoms with Crippen molar-refractivity contribution >= 4 is 11.8 Å². The molecule has 0 aromatic carbocycles. The van der Waals surface area contributed by atoms with Crippen molar-refractivity contribution < 1.29 is 19.1 Å². The van der Waals surface area contributed by atoms with Gasteiger partial charge in [0.2, 0.25) is 17.7 Å². The maximum Gasteiger partial charge on any atom is 0.277 e. The molecule has 2 heterocycles. The molecule has 2 rings (SSSR count). The number of hydrogen-bond acceptors (Lipinski definition) is 5. The molecule has 1 aliphatic rings. The van der Waals surface area contributed by atoms with Crippen molar-refractivity contribution in [2.24, 2.45) is 0 Å².